The molecule has 2 aromatic heterocycles. The van der Waals surface area contributed by atoms with Crippen LogP contribution >= 0.6 is 12.4 Å². The Labute approximate surface area is 119 Å². The van der Waals surface area contributed by atoms with Crippen molar-refractivity contribution in [1.29, 1.82) is 0 Å². The molecule has 5 nitrogen and oxygen atoms in total. The predicted octanol–water partition coefficient (Wildman–Crippen LogP) is 1.81. The molecule has 0 bridgehead atoms. The van der Waals surface area contributed by atoms with Gasteiger partial charge in [-0.15, -0.1) is 12.4 Å². The van der Waals surface area contributed by atoms with Gasteiger partial charge in [0.25, 0.3) is 0 Å². The van der Waals surface area contributed by atoms with E-state index in [1.54, 1.807) is 6.33 Å². The number of anilines is 1. The monoisotopic (exact) mass is 281 g/mol. The van der Waals surface area contributed by atoms with E-state index in [-0.39, 0.29) is 12.4 Å². The summed E-state index contributed by atoms with van der Waals surface area (Å²) in [7, 11) is 2.13. The minimum Gasteiger partial charge on any atom is -0.354 e. The van der Waals surface area contributed by atoms with Gasteiger partial charge in [-0.25, -0.2) is 9.97 Å². The van der Waals surface area contributed by atoms with Crippen molar-refractivity contribution in [1.82, 2.24) is 20.3 Å². The highest BCUT2D eigenvalue weighted by Crippen LogP contribution is 2.26. The number of fused-ring (bicyclic) bond motifs is 1. The lowest BCUT2D eigenvalue weighted by Gasteiger charge is -2.37. The van der Waals surface area contributed by atoms with Gasteiger partial charge in [0.2, 0.25) is 0 Å². The first-order chi connectivity index (χ1) is 8.77. The van der Waals surface area contributed by atoms with Gasteiger partial charge in [0, 0.05) is 25.8 Å². The van der Waals surface area contributed by atoms with Crippen LogP contribution in [0.15, 0.2) is 18.6 Å². The summed E-state index contributed by atoms with van der Waals surface area (Å²) in [5.41, 5.74) is 0.906. The van der Waals surface area contributed by atoms with Crippen molar-refractivity contribution in [3.63, 3.8) is 0 Å². The third-order valence-corrected chi connectivity index (χ3v) is 3.95. The summed E-state index contributed by atoms with van der Waals surface area (Å²) < 4.78 is 0. The fourth-order valence-electron chi connectivity index (χ4n) is 2.79. The molecular formula is C13H20ClN5. The van der Waals surface area contributed by atoms with Crippen molar-refractivity contribution in [2.24, 2.45) is 5.92 Å². The maximum absolute atomic E-state index is 4.46. The van der Waals surface area contributed by atoms with Crippen LogP contribution in [0.5, 0.6) is 0 Å². The Morgan fingerprint density at radius 1 is 1.37 bits per heavy atom. The minimum absolute atomic E-state index is 0. The van der Waals surface area contributed by atoms with Gasteiger partial charge in [0.15, 0.2) is 0 Å². The lowest BCUT2D eigenvalue weighted by molar-refractivity contribution is 0.338. The minimum atomic E-state index is 0. The highest BCUT2D eigenvalue weighted by atomic mass is 35.5. The lowest BCUT2D eigenvalue weighted by atomic mass is 9.93. The summed E-state index contributed by atoms with van der Waals surface area (Å²) in [6.45, 7) is 4.46. The van der Waals surface area contributed by atoms with Gasteiger partial charge in [0.05, 0.1) is 5.39 Å². The van der Waals surface area contributed by atoms with Crippen LogP contribution in [0.4, 0.5) is 5.82 Å². The lowest BCUT2D eigenvalue weighted by Crippen LogP contribution is -2.49. The van der Waals surface area contributed by atoms with E-state index in [0.717, 1.165) is 29.9 Å². The van der Waals surface area contributed by atoms with Crippen LogP contribution in [0.25, 0.3) is 11.0 Å². The van der Waals surface area contributed by atoms with Crippen molar-refractivity contribution in [3.8, 4) is 0 Å². The van der Waals surface area contributed by atoms with E-state index in [4.69, 9.17) is 0 Å². The van der Waals surface area contributed by atoms with E-state index in [1.807, 2.05) is 12.3 Å². The Balaban J connectivity index is 0.00000133. The first kappa shape index (κ1) is 14.1. The highest BCUT2D eigenvalue weighted by Gasteiger charge is 2.26. The van der Waals surface area contributed by atoms with Gasteiger partial charge in [-0.05, 0) is 24.9 Å². The smallest absolute Gasteiger partial charge is 0.142 e. The molecule has 19 heavy (non-hydrogen) atoms. The third-order valence-electron chi connectivity index (χ3n) is 3.95. The van der Waals surface area contributed by atoms with Crippen LogP contribution in [0.3, 0.4) is 0 Å². The number of hydrogen-bond donors (Lipinski definition) is 2. The quantitative estimate of drug-likeness (QED) is 0.882. The molecule has 0 saturated carbocycles. The number of halogens is 1. The molecule has 1 aliphatic heterocycles. The largest absolute Gasteiger partial charge is 0.354 e. The van der Waals surface area contributed by atoms with Crippen molar-refractivity contribution >= 4 is 29.3 Å². The topological polar surface area (TPSA) is 56.8 Å². The molecule has 1 aliphatic rings. The van der Waals surface area contributed by atoms with E-state index in [1.165, 1.54) is 6.42 Å². The standard InChI is InChI=1S/C13H19N5.ClH/c1-9-3-5-14-7-11(9)18(2)13-10-4-6-15-12(10)16-8-17-13;/h4,6,8-9,11,14H,3,5,7H2,1-2H3,(H,15,16,17);1H/t9-,11+;/m1./s1. The first-order valence-electron chi connectivity index (χ1n) is 6.49. The van der Waals surface area contributed by atoms with Gasteiger partial charge in [-0.2, -0.15) is 0 Å². The zero-order valence-electron chi connectivity index (χ0n) is 11.3. The molecular weight excluding hydrogens is 262 g/mol. The summed E-state index contributed by atoms with van der Waals surface area (Å²) in [6, 6.07) is 2.54. The molecule has 2 atom stereocenters. The molecule has 1 fully saturated rings. The second kappa shape index (κ2) is 5.75. The normalized spacial score (nSPS) is 23.1. The average Bonchev–Trinajstić information content (AvgIpc) is 2.86. The maximum atomic E-state index is 4.46. The molecule has 6 heteroatoms. The summed E-state index contributed by atoms with van der Waals surface area (Å²) in [4.78, 5) is 14.1. The van der Waals surface area contributed by atoms with Crippen molar-refractivity contribution < 1.29 is 0 Å². The van der Waals surface area contributed by atoms with Gasteiger partial charge >= 0.3 is 0 Å². The number of hydrogen-bond acceptors (Lipinski definition) is 4. The molecule has 104 valence electrons. The first-order valence-corrected chi connectivity index (χ1v) is 6.49. The molecule has 0 radical (unpaired) electrons. The number of aromatic amines is 1. The number of rotatable bonds is 2. The number of nitrogens with one attached hydrogen (secondary N) is 2. The molecule has 0 aromatic carbocycles. The average molecular weight is 282 g/mol. The number of likely N-dealkylation sites (N-methyl/N-ethyl adjacent to an activating group) is 1. The molecule has 2 N–H and O–H groups in total. The Morgan fingerprint density at radius 2 is 2.21 bits per heavy atom. The molecule has 3 heterocycles. The second-order valence-electron chi connectivity index (χ2n) is 5.09. The number of aromatic nitrogens is 3. The maximum Gasteiger partial charge on any atom is 0.142 e. The van der Waals surface area contributed by atoms with E-state index in [2.05, 4.69) is 39.1 Å². The SMILES string of the molecule is C[C@@H]1CCNC[C@@H]1N(C)c1ncnc2[nH]ccc12.Cl. The van der Waals surface area contributed by atoms with E-state index >= 15 is 0 Å². The fourth-order valence-corrected chi connectivity index (χ4v) is 2.79. The molecule has 0 aliphatic carbocycles. The third kappa shape index (κ3) is 2.53. The zero-order valence-corrected chi connectivity index (χ0v) is 12.1. The summed E-state index contributed by atoms with van der Waals surface area (Å²) >= 11 is 0. The van der Waals surface area contributed by atoms with Crippen LogP contribution in [0.2, 0.25) is 0 Å². The number of nitrogens with zero attached hydrogens (tertiary/aromatic N) is 3. The Kier molecular flexibility index (Phi) is 4.27. The summed E-state index contributed by atoms with van der Waals surface area (Å²) in [6.07, 6.45) is 4.77. The second-order valence-corrected chi connectivity index (χ2v) is 5.09. The molecule has 0 unspecified atom stereocenters. The van der Waals surface area contributed by atoms with Crippen molar-refractivity contribution in [3.05, 3.63) is 18.6 Å². The number of H-pyrrole nitrogens is 1. The Morgan fingerprint density at radius 3 is 3.00 bits per heavy atom. The fraction of sp³-hybridized carbons (Fsp3) is 0.538. The molecule has 3 rings (SSSR count). The number of piperidine rings is 1. The van der Waals surface area contributed by atoms with Gasteiger partial charge in [0.1, 0.15) is 17.8 Å². The van der Waals surface area contributed by atoms with Crippen LogP contribution < -0.4 is 10.2 Å². The van der Waals surface area contributed by atoms with Gasteiger partial charge in [-0.1, -0.05) is 6.92 Å². The van der Waals surface area contributed by atoms with Crippen molar-refractivity contribution in [2.75, 3.05) is 25.0 Å². The van der Waals surface area contributed by atoms with E-state index < -0.39 is 0 Å². The highest BCUT2D eigenvalue weighted by molar-refractivity contribution is 5.87. The van der Waals surface area contributed by atoms with Crippen LogP contribution in [0.1, 0.15) is 13.3 Å². The van der Waals surface area contributed by atoms with E-state index in [9.17, 15) is 0 Å². The van der Waals surface area contributed by atoms with Gasteiger partial charge < -0.3 is 15.2 Å². The van der Waals surface area contributed by atoms with Gasteiger partial charge in [-0.3, -0.25) is 0 Å². The summed E-state index contributed by atoms with van der Waals surface area (Å²) in [5, 5.41) is 4.56. The molecule has 0 amide bonds. The van der Waals surface area contributed by atoms with Crippen LogP contribution in [-0.4, -0.2) is 41.1 Å². The van der Waals surface area contributed by atoms with Crippen LogP contribution in [0, 0.1) is 5.92 Å². The van der Waals surface area contributed by atoms with E-state index in [0.29, 0.717) is 12.0 Å². The Bertz CT molecular complexity index is 541. The molecule has 1 saturated heterocycles. The molecule has 0 spiro atoms. The summed E-state index contributed by atoms with van der Waals surface area (Å²) in [5.74, 6) is 1.70. The van der Waals surface area contributed by atoms with Crippen molar-refractivity contribution in [2.45, 2.75) is 19.4 Å². The van der Waals surface area contributed by atoms with Crippen LogP contribution in [-0.2, 0) is 0 Å². The Hall–Kier alpha value is -1.33. The zero-order chi connectivity index (χ0) is 12.5. The molecule has 2 aromatic rings. The predicted molar refractivity (Wildman–Crippen MR) is 80.0 cm³/mol.